The predicted molar refractivity (Wildman–Crippen MR) is 139 cm³/mol. The molecule has 0 amide bonds. The third-order valence-electron chi connectivity index (χ3n) is 6.99. The average molecular weight is 584 g/mol. The first-order valence-electron chi connectivity index (χ1n) is 11.4. The highest BCUT2D eigenvalue weighted by atomic mass is 35.5. The van der Waals surface area contributed by atoms with Crippen molar-refractivity contribution in [3.63, 3.8) is 0 Å². The van der Waals surface area contributed by atoms with Crippen molar-refractivity contribution >= 4 is 52.0 Å². The fourth-order valence-corrected chi connectivity index (χ4v) is 7.58. The molecule has 2 aliphatic rings. The summed E-state index contributed by atoms with van der Waals surface area (Å²) in [6, 6.07) is 13.6. The van der Waals surface area contributed by atoms with E-state index in [1.54, 1.807) is 18.2 Å². The molecule has 0 bridgehead atoms. The topological polar surface area (TPSA) is 98.3 Å². The van der Waals surface area contributed by atoms with Crippen LogP contribution in [-0.4, -0.2) is 20.5 Å². The number of anilines is 1. The number of halogens is 5. The van der Waals surface area contributed by atoms with Crippen LogP contribution in [-0.2, 0) is 6.18 Å². The Morgan fingerprint density at radius 1 is 1.00 bits per heavy atom. The number of benzene rings is 3. The number of nitrogens with zero attached hydrogens (tertiary/aromatic N) is 2. The lowest BCUT2D eigenvalue weighted by Crippen LogP contribution is -2.32. The molecular weight excluding hydrogens is 566 g/mol. The fourth-order valence-electron chi connectivity index (χ4n) is 5.41. The number of para-hydroxylation sites is 1. The van der Waals surface area contributed by atoms with Crippen molar-refractivity contribution in [3.8, 4) is 0 Å². The van der Waals surface area contributed by atoms with E-state index in [2.05, 4.69) is 5.32 Å². The maximum atomic E-state index is 14.1. The van der Waals surface area contributed by atoms with Gasteiger partial charge in [-0.1, -0.05) is 35.9 Å². The summed E-state index contributed by atoms with van der Waals surface area (Å²) in [6.07, 6.45) is -4.27. The van der Waals surface area contributed by atoms with Crippen LogP contribution in [0.3, 0.4) is 0 Å². The Morgan fingerprint density at radius 2 is 1.68 bits per heavy atom. The van der Waals surface area contributed by atoms with Crippen molar-refractivity contribution in [1.82, 2.24) is 0 Å². The van der Waals surface area contributed by atoms with Crippen LogP contribution in [0.15, 0.2) is 65.6 Å². The van der Waals surface area contributed by atoms with Gasteiger partial charge in [0.2, 0.25) is 0 Å². The first kappa shape index (κ1) is 26.6. The maximum absolute atomic E-state index is 14.1. The quantitative estimate of drug-likeness (QED) is 0.184. The summed E-state index contributed by atoms with van der Waals surface area (Å²) in [6.45, 7) is 0. The van der Waals surface area contributed by atoms with E-state index < -0.39 is 38.9 Å². The normalized spacial score (nSPS) is 24.3. The predicted octanol–water partition coefficient (Wildman–Crippen LogP) is 8.21. The van der Waals surface area contributed by atoms with Crippen LogP contribution in [0.25, 0.3) is 0 Å². The Kier molecular flexibility index (Phi) is 6.95. The van der Waals surface area contributed by atoms with Crippen LogP contribution < -0.4 is 5.32 Å². The van der Waals surface area contributed by atoms with Gasteiger partial charge in [0, 0.05) is 34.4 Å². The van der Waals surface area contributed by atoms with E-state index in [0.717, 1.165) is 6.07 Å². The van der Waals surface area contributed by atoms with Gasteiger partial charge in [0.15, 0.2) is 0 Å². The molecule has 5 atom stereocenters. The van der Waals surface area contributed by atoms with Gasteiger partial charge in [0.1, 0.15) is 0 Å². The fraction of sp³-hybridized carbons (Fsp3) is 0.280. The van der Waals surface area contributed by atoms with Gasteiger partial charge in [-0.3, -0.25) is 20.2 Å². The number of rotatable bonds is 5. The summed E-state index contributed by atoms with van der Waals surface area (Å²) in [4.78, 5) is 22.1. The van der Waals surface area contributed by atoms with Crippen molar-refractivity contribution in [2.75, 3.05) is 5.32 Å². The van der Waals surface area contributed by atoms with Gasteiger partial charge in [-0.25, -0.2) is 0 Å². The molecule has 0 aromatic heterocycles. The summed E-state index contributed by atoms with van der Waals surface area (Å²) in [5, 5.41) is 24.6. The number of alkyl halides is 4. The Hall–Kier alpha value is -3.02. The SMILES string of the molecule is O=[N+]([O-])c1ccc(C2Nc3c(cc(Cl)cc3C(F)(F)F)C3C(Cl)C(Sc4ccccc4[N+](=O)[O-])CC23)cc1. The molecule has 1 aliphatic carbocycles. The van der Waals surface area contributed by atoms with Crippen LogP contribution >= 0.6 is 35.0 Å². The third-order valence-corrected chi connectivity index (χ3v) is 9.32. The van der Waals surface area contributed by atoms with Crippen LogP contribution in [0.2, 0.25) is 5.02 Å². The second-order valence-electron chi connectivity index (χ2n) is 9.14. The first-order valence-corrected chi connectivity index (χ1v) is 13.1. The minimum atomic E-state index is -4.70. The number of fused-ring (bicyclic) bond motifs is 3. The molecule has 5 unspecified atom stereocenters. The summed E-state index contributed by atoms with van der Waals surface area (Å²) >= 11 is 14.3. The zero-order valence-electron chi connectivity index (χ0n) is 19.2. The smallest absolute Gasteiger partial charge is 0.377 e. The molecule has 1 N–H and O–H groups in total. The molecular formula is C25H18Cl2F3N3O4S. The van der Waals surface area contributed by atoms with E-state index in [-0.39, 0.29) is 33.3 Å². The monoisotopic (exact) mass is 583 g/mol. The highest BCUT2D eigenvalue weighted by Crippen LogP contribution is 2.60. The number of non-ortho nitro benzene ring substituents is 1. The molecule has 3 aromatic carbocycles. The van der Waals surface area contributed by atoms with Gasteiger partial charge < -0.3 is 5.32 Å². The Balaban J connectivity index is 1.61. The van der Waals surface area contributed by atoms with Gasteiger partial charge in [0.25, 0.3) is 11.4 Å². The molecule has 1 heterocycles. The van der Waals surface area contributed by atoms with E-state index in [1.807, 2.05) is 0 Å². The number of nitro groups is 2. The summed E-state index contributed by atoms with van der Waals surface area (Å²) in [7, 11) is 0. The summed E-state index contributed by atoms with van der Waals surface area (Å²) in [5.41, 5.74) is -0.379. The second kappa shape index (κ2) is 9.94. The van der Waals surface area contributed by atoms with Gasteiger partial charge in [-0.2, -0.15) is 13.2 Å². The molecule has 3 aromatic rings. The van der Waals surface area contributed by atoms with Gasteiger partial charge in [-0.05, 0) is 41.7 Å². The molecule has 0 saturated heterocycles. The zero-order valence-corrected chi connectivity index (χ0v) is 21.5. The molecule has 1 aliphatic heterocycles. The first-order chi connectivity index (χ1) is 18.0. The Bertz CT molecular complexity index is 1420. The number of hydrogen-bond donors (Lipinski definition) is 1. The molecule has 0 spiro atoms. The lowest BCUT2D eigenvalue weighted by Gasteiger charge is -2.39. The molecule has 1 saturated carbocycles. The molecule has 7 nitrogen and oxygen atoms in total. The van der Waals surface area contributed by atoms with Gasteiger partial charge in [0.05, 0.1) is 37.4 Å². The van der Waals surface area contributed by atoms with Gasteiger partial charge in [-0.15, -0.1) is 23.4 Å². The number of nitrogens with one attached hydrogen (secondary N) is 1. The van der Waals surface area contributed by atoms with E-state index in [4.69, 9.17) is 23.2 Å². The summed E-state index contributed by atoms with van der Waals surface area (Å²) in [5.74, 6) is -0.876. The summed E-state index contributed by atoms with van der Waals surface area (Å²) < 4.78 is 42.2. The Morgan fingerprint density at radius 3 is 2.32 bits per heavy atom. The standard InChI is InChI=1S/C25H18Cl2F3N3O4S/c26-13-9-15-21-16(11-20(22(21)27)38-19-4-2-1-3-18(19)33(36)37)23(12-5-7-14(8-6-12)32(34)35)31-24(15)17(10-13)25(28,29)30/h1-10,16,20-23,31H,11H2. The molecule has 5 rings (SSSR count). The van der Waals surface area contributed by atoms with E-state index in [9.17, 15) is 33.4 Å². The lowest BCUT2D eigenvalue weighted by atomic mass is 9.76. The minimum Gasteiger partial charge on any atom is -0.377 e. The second-order valence-corrected chi connectivity index (χ2v) is 11.4. The van der Waals surface area contributed by atoms with Crippen molar-refractivity contribution in [2.24, 2.45) is 5.92 Å². The maximum Gasteiger partial charge on any atom is 0.418 e. The van der Waals surface area contributed by atoms with Gasteiger partial charge >= 0.3 is 6.18 Å². The molecule has 38 heavy (non-hydrogen) atoms. The highest BCUT2D eigenvalue weighted by Gasteiger charge is 2.52. The van der Waals surface area contributed by atoms with Crippen molar-refractivity contribution in [1.29, 1.82) is 0 Å². The zero-order chi connectivity index (χ0) is 27.4. The van der Waals surface area contributed by atoms with E-state index in [0.29, 0.717) is 22.4 Å². The van der Waals surface area contributed by atoms with Crippen LogP contribution in [0.5, 0.6) is 0 Å². The third kappa shape index (κ3) is 4.78. The average Bonchev–Trinajstić information content (AvgIpc) is 3.19. The van der Waals surface area contributed by atoms with Crippen molar-refractivity contribution in [3.05, 3.63) is 103 Å². The molecule has 198 valence electrons. The largest absolute Gasteiger partial charge is 0.418 e. The van der Waals surface area contributed by atoms with Crippen LogP contribution in [0.4, 0.5) is 30.2 Å². The van der Waals surface area contributed by atoms with E-state index in [1.165, 1.54) is 48.2 Å². The minimum absolute atomic E-state index is 0.0796. The Labute approximate surface area is 228 Å². The number of thioether (sulfide) groups is 1. The van der Waals surface area contributed by atoms with Crippen LogP contribution in [0, 0.1) is 26.1 Å². The van der Waals surface area contributed by atoms with Crippen LogP contribution in [0.1, 0.15) is 35.1 Å². The van der Waals surface area contributed by atoms with E-state index >= 15 is 0 Å². The van der Waals surface area contributed by atoms with Crippen molar-refractivity contribution < 1.29 is 23.0 Å². The van der Waals surface area contributed by atoms with Crippen molar-refractivity contribution in [2.45, 2.75) is 40.1 Å². The lowest BCUT2D eigenvalue weighted by molar-refractivity contribution is -0.387. The number of nitro benzene ring substituents is 2. The number of hydrogen-bond acceptors (Lipinski definition) is 6. The molecule has 13 heteroatoms. The highest BCUT2D eigenvalue weighted by molar-refractivity contribution is 8.00. The molecule has 0 radical (unpaired) electrons. The molecule has 1 fully saturated rings.